The Balaban J connectivity index is 2.82. The lowest BCUT2D eigenvalue weighted by molar-refractivity contribution is -0.137. The van der Waals surface area contributed by atoms with Gasteiger partial charge >= 0.3 is 6.18 Å². The van der Waals surface area contributed by atoms with E-state index in [0.29, 0.717) is 12.8 Å². The summed E-state index contributed by atoms with van der Waals surface area (Å²) in [6.07, 6.45) is -2.77. The highest BCUT2D eigenvalue weighted by molar-refractivity contribution is 5.94. The summed E-state index contributed by atoms with van der Waals surface area (Å²) in [6, 6.07) is 2.65. The standard InChI is InChI=1S/C14H18F3NO/c1-3-4-5-10(2)18-13(19)11-6-8-12(9-7-11)14(15,16)17/h6-10H,3-5H2,1-2H3,(H,18,19)/t10-/m1/s1/i2D3. The molecule has 1 amide bonds. The van der Waals surface area contributed by atoms with Gasteiger partial charge in [-0.2, -0.15) is 13.2 Å². The number of nitrogens with one attached hydrogen (secondary N) is 1. The maximum Gasteiger partial charge on any atom is 0.416 e. The predicted molar refractivity (Wildman–Crippen MR) is 67.9 cm³/mol. The van der Waals surface area contributed by atoms with Gasteiger partial charge in [-0.25, -0.2) is 0 Å². The summed E-state index contributed by atoms with van der Waals surface area (Å²) >= 11 is 0. The fraction of sp³-hybridized carbons (Fsp3) is 0.500. The second-order valence-corrected chi connectivity index (χ2v) is 4.24. The van der Waals surface area contributed by atoms with Crippen LogP contribution in [0.3, 0.4) is 0 Å². The van der Waals surface area contributed by atoms with Crippen molar-refractivity contribution in [3.8, 4) is 0 Å². The van der Waals surface area contributed by atoms with Crippen LogP contribution in [0.2, 0.25) is 0 Å². The van der Waals surface area contributed by atoms with Gasteiger partial charge in [-0.05, 0) is 37.5 Å². The summed E-state index contributed by atoms with van der Waals surface area (Å²) < 4.78 is 59.6. The van der Waals surface area contributed by atoms with Crippen LogP contribution in [0.5, 0.6) is 0 Å². The first kappa shape index (κ1) is 11.3. The molecule has 106 valence electrons. The van der Waals surface area contributed by atoms with E-state index in [9.17, 15) is 18.0 Å². The highest BCUT2D eigenvalue weighted by Crippen LogP contribution is 2.29. The number of hydrogen-bond acceptors (Lipinski definition) is 1. The van der Waals surface area contributed by atoms with Crippen LogP contribution < -0.4 is 5.32 Å². The van der Waals surface area contributed by atoms with E-state index in [4.69, 9.17) is 4.11 Å². The number of hydrogen-bond donors (Lipinski definition) is 1. The molecule has 0 radical (unpaired) electrons. The molecule has 0 bridgehead atoms. The molecule has 1 rings (SSSR count). The third kappa shape index (κ3) is 4.93. The number of rotatable bonds is 5. The lowest BCUT2D eigenvalue weighted by Crippen LogP contribution is -2.32. The first-order valence-corrected chi connectivity index (χ1v) is 6.04. The van der Waals surface area contributed by atoms with Crippen LogP contribution in [-0.2, 0) is 6.18 Å². The van der Waals surface area contributed by atoms with Gasteiger partial charge in [-0.15, -0.1) is 0 Å². The average Bonchev–Trinajstić information content (AvgIpc) is 2.41. The Bertz CT molecular complexity index is 498. The van der Waals surface area contributed by atoms with Gasteiger partial charge in [0.1, 0.15) is 0 Å². The zero-order valence-electron chi connectivity index (χ0n) is 13.6. The van der Waals surface area contributed by atoms with Crippen molar-refractivity contribution >= 4 is 5.91 Å². The molecule has 1 atom stereocenters. The topological polar surface area (TPSA) is 29.1 Å². The summed E-state index contributed by atoms with van der Waals surface area (Å²) in [4.78, 5) is 12.0. The van der Waals surface area contributed by atoms with E-state index in [1.54, 1.807) is 0 Å². The van der Waals surface area contributed by atoms with Gasteiger partial charge in [0.2, 0.25) is 0 Å². The third-order valence-corrected chi connectivity index (χ3v) is 2.63. The minimum Gasteiger partial charge on any atom is -0.350 e. The summed E-state index contributed by atoms with van der Waals surface area (Å²) in [5.74, 6) is -0.689. The van der Waals surface area contributed by atoms with E-state index in [-0.39, 0.29) is 5.56 Å². The third-order valence-electron chi connectivity index (χ3n) is 2.63. The summed E-state index contributed by atoms with van der Waals surface area (Å²) in [5.41, 5.74) is -0.860. The van der Waals surface area contributed by atoms with Gasteiger partial charge in [-0.3, -0.25) is 4.79 Å². The van der Waals surface area contributed by atoms with Gasteiger partial charge in [0, 0.05) is 15.7 Å². The van der Waals surface area contributed by atoms with Crippen molar-refractivity contribution in [3.63, 3.8) is 0 Å². The van der Waals surface area contributed by atoms with Crippen LogP contribution in [0.15, 0.2) is 24.3 Å². The number of carbonyl (C=O) groups is 1. The highest BCUT2D eigenvalue weighted by Gasteiger charge is 2.30. The maximum atomic E-state index is 12.5. The molecule has 0 heterocycles. The summed E-state index contributed by atoms with van der Waals surface area (Å²) in [7, 11) is 0. The molecule has 1 N–H and O–H groups in total. The number of amides is 1. The van der Waals surface area contributed by atoms with Crippen LogP contribution in [0.4, 0.5) is 13.2 Å². The quantitative estimate of drug-likeness (QED) is 0.864. The lowest BCUT2D eigenvalue weighted by atomic mass is 10.1. The van der Waals surface area contributed by atoms with Crippen molar-refractivity contribution in [2.24, 2.45) is 0 Å². The second kappa shape index (κ2) is 6.59. The molecule has 0 aromatic heterocycles. The van der Waals surface area contributed by atoms with Crippen molar-refractivity contribution in [1.82, 2.24) is 5.32 Å². The van der Waals surface area contributed by atoms with Crippen molar-refractivity contribution in [3.05, 3.63) is 35.4 Å². The van der Waals surface area contributed by atoms with Crippen LogP contribution in [-0.4, -0.2) is 11.9 Å². The summed E-state index contributed by atoms with van der Waals surface area (Å²) in [6.45, 7) is -0.453. The molecule has 19 heavy (non-hydrogen) atoms. The zero-order chi connectivity index (χ0) is 17.0. The van der Waals surface area contributed by atoms with E-state index in [1.165, 1.54) is 0 Å². The molecule has 5 heteroatoms. The monoisotopic (exact) mass is 276 g/mol. The zero-order valence-corrected chi connectivity index (χ0v) is 10.6. The minimum absolute atomic E-state index is 0.00116. The number of benzene rings is 1. The van der Waals surface area contributed by atoms with Crippen molar-refractivity contribution < 1.29 is 22.1 Å². The summed E-state index contributed by atoms with van der Waals surface area (Å²) in [5, 5.41) is 2.38. The van der Waals surface area contributed by atoms with E-state index in [2.05, 4.69) is 5.32 Å². The van der Waals surface area contributed by atoms with Gasteiger partial charge < -0.3 is 5.32 Å². The van der Waals surface area contributed by atoms with Crippen LogP contribution in [0, 0.1) is 0 Å². The van der Waals surface area contributed by atoms with Crippen molar-refractivity contribution in [1.29, 1.82) is 0 Å². The van der Waals surface area contributed by atoms with E-state index < -0.39 is 30.5 Å². The molecule has 0 aliphatic carbocycles. The molecule has 0 unspecified atom stereocenters. The predicted octanol–water partition coefficient (Wildman–Crippen LogP) is 4.01. The Kier molecular flexibility index (Phi) is 3.93. The fourth-order valence-electron chi connectivity index (χ4n) is 1.53. The average molecular weight is 276 g/mol. The number of alkyl halides is 3. The molecule has 0 saturated carbocycles. The van der Waals surface area contributed by atoms with E-state index >= 15 is 0 Å². The van der Waals surface area contributed by atoms with Crippen LogP contribution in [0.1, 0.15) is 53.1 Å². The molecular formula is C14H18F3NO. The largest absolute Gasteiger partial charge is 0.416 e. The highest BCUT2D eigenvalue weighted by atomic mass is 19.4. The van der Waals surface area contributed by atoms with Gasteiger partial charge in [0.05, 0.1) is 5.56 Å². The Morgan fingerprint density at radius 3 is 2.47 bits per heavy atom. The Morgan fingerprint density at radius 2 is 2.00 bits per heavy atom. The number of unbranched alkanes of at least 4 members (excludes halogenated alkanes) is 1. The first-order valence-electron chi connectivity index (χ1n) is 7.54. The second-order valence-electron chi connectivity index (χ2n) is 4.24. The molecule has 1 aromatic rings. The SMILES string of the molecule is [2H]C([2H])([2H])[C@H](CCCC)NC(=O)c1ccc(C(F)(F)F)cc1. The Hall–Kier alpha value is -1.52. The first-order chi connectivity index (χ1) is 10.1. The van der Waals surface area contributed by atoms with Crippen molar-refractivity contribution in [2.75, 3.05) is 0 Å². The number of halogens is 3. The lowest BCUT2D eigenvalue weighted by Gasteiger charge is -2.13. The molecule has 2 nitrogen and oxygen atoms in total. The number of carbonyl (C=O) groups excluding carboxylic acids is 1. The maximum absolute atomic E-state index is 12.5. The molecule has 0 fully saturated rings. The van der Waals surface area contributed by atoms with Crippen LogP contribution in [0.25, 0.3) is 0 Å². The molecule has 0 saturated heterocycles. The normalized spacial score (nSPS) is 16.1. The molecule has 0 aliphatic heterocycles. The van der Waals surface area contributed by atoms with Crippen molar-refractivity contribution in [2.45, 2.75) is 45.3 Å². The van der Waals surface area contributed by atoms with E-state index in [1.807, 2.05) is 6.92 Å². The molecule has 0 aliphatic rings. The van der Waals surface area contributed by atoms with Crippen LogP contribution >= 0.6 is 0 Å². The molecular weight excluding hydrogens is 255 g/mol. The fourth-order valence-corrected chi connectivity index (χ4v) is 1.53. The van der Waals surface area contributed by atoms with Gasteiger partial charge in [0.15, 0.2) is 0 Å². The molecule has 0 spiro atoms. The Morgan fingerprint density at radius 1 is 1.37 bits per heavy atom. The smallest absolute Gasteiger partial charge is 0.350 e. The van der Waals surface area contributed by atoms with Gasteiger partial charge in [0.25, 0.3) is 5.91 Å². The van der Waals surface area contributed by atoms with Gasteiger partial charge in [-0.1, -0.05) is 19.8 Å². The molecule has 1 aromatic carbocycles. The minimum atomic E-state index is -4.47. The Labute approximate surface area is 115 Å². The van der Waals surface area contributed by atoms with E-state index in [0.717, 1.165) is 30.7 Å².